The van der Waals surface area contributed by atoms with E-state index in [0.29, 0.717) is 36.6 Å². The normalized spacial score (nSPS) is 10.8. The molecule has 2 rings (SSSR count). The first-order chi connectivity index (χ1) is 13.1. The molecule has 28 heavy (non-hydrogen) atoms. The highest BCUT2D eigenvalue weighted by molar-refractivity contribution is 14.0. The summed E-state index contributed by atoms with van der Waals surface area (Å²) < 4.78 is 13.7. The molecule has 0 fully saturated rings. The van der Waals surface area contributed by atoms with Gasteiger partial charge in [-0.15, -0.1) is 24.0 Å². The van der Waals surface area contributed by atoms with Crippen molar-refractivity contribution in [3.63, 3.8) is 0 Å². The van der Waals surface area contributed by atoms with Gasteiger partial charge in [0.1, 0.15) is 5.82 Å². The van der Waals surface area contributed by atoms with Crippen molar-refractivity contribution in [3.8, 4) is 0 Å². The number of nitrogens with one attached hydrogen (secondary N) is 3. The Morgan fingerprint density at radius 1 is 1.07 bits per heavy atom. The molecule has 152 valence electrons. The van der Waals surface area contributed by atoms with E-state index in [9.17, 15) is 9.18 Å². The molecule has 0 unspecified atom stereocenters. The van der Waals surface area contributed by atoms with Gasteiger partial charge in [0, 0.05) is 32.2 Å². The number of carbonyl (C=O) groups excluding carboxylic acids is 1. The van der Waals surface area contributed by atoms with Crippen LogP contribution in [0.25, 0.3) is 0 Å². The van der Waals surface area contributed by atoms with Crippen LogP contribution in [0.2, 0.25) is 0 Å². The van der Waals surface area contributed by atoms with Gasteiger partial charge in [0.05, 0.1) is 0 Å². The van der Waals surface area contributed by atoms with E-state index >= 15 is 0 Å². The Morgan fingerprint density at radius 2 is 1.86 bits per heavy atom. The van der Waals surface area contributed by atoms with Crippen LogP contribution in [0.1, 0.15) is 28.4 Å². The fourth-order valence-corrected chi connectivity index (χ4v) is 2.67. The predicted molar refractivity (Wildman–Crippen MR) is 123 cm³/mol. The Hall–Kier alpha value is -2.16. The highest BCUT2D eigenvalue weighted by atomic mass is 127. The smallest absolute Gasteiger partial charge is 0.251 e. The zero-order valence-corrected chi connectivity index (χ0v) is 18.6. The van der Waals surface area contributed by atoms with Crippen LogP contribution in [0.3, 0.4) is 0 Å². The Labute approximate surface area is 183 Å². The first kappa shape index (κ1) is 23.9. The van der Waals surface area contributed by atoms with Gasteiger partial charge in [-0.2, -0.15) is 0 Å². The number of hydrogen-bond donors (Lipinski definition) is 3. The van der Waals surface area contributed by atoms with E-state index < -0.39 is 0 Å². The highest BCUT2D eigenvalue weighted by Gasteiger charge is 2.04. The van der Waals surface area contributed by atoms with Crippen molar-refractivity contribution in [2.75, 3.05) is 26.7 Å². The number of guanidine groups is 1. The van der Waals surface area contributed by atoms with E-state index in [2.05, 4.69) is 20.9 Å². The van der Waals surface area contributed by atoms with Gasteiger partial charge in [-0.25, -0.2) is 4.39 Å². The van der Waals surface area contributed by atoms with Crippen LogP contribution in [0, 0.1) is 5.82 Å². The summed E-state index contributed by atoms with van der Waals surface area (Å²) in [4.78, 5) is 16.2. The Kier molecular flexibility index (Phi) is 11.2. The molecule has 3 N–H and O–H groups in total. The van der Waals surface area contributed by atoms with Crippen molar-refractivity contribution in [1.29, 1.82) is 0 Å². The molecule has 1 amide bonds. The topological polar surface area (TPSA) is 65.5 Å². The largest absolute Gasteiger partial charge is 0.357 e. The van der Waals surface area contributed by atoms with Gasteiger partial charge in [-0.1, -0.05) is 30.3 Å². The lowest BCUT2D eigenvalue weighted by atomic mass is 10.1. The van der Waals surface area contributed by atoms with Gasteiger partial charge < -0.3 is 16.0 Å². The fourth-order valence-electron chi connectivity index (χ4n) is 2.67. The van der Waals surface area contributed by atoms with Gasteiger partial charge in [-0.3, -0.25) is 9.79 Å². The molecule has 0 saturated heterocycles. The highest BCUT2D eigenvalue weighted by Crippen LogP contribution is 2.07. The minimum Gasteiger partial charge on any atom is -0.357 e. The molecular formula is C21H28FIN4O. The lowest BCUT2D eigenvalue weighted by Gasteiger charge is -2.12. The molecule has 0 radical (unpaired) electrons. The second kappa shape index (κ2) is 13.1. The minimum absolute atomic E-state index is 0. The van der Waals surface area contributed by atoms with E-state index in [0.717, 1.165) is 18.5 Å². The molecule has 0 aliphatic carbocycles. The van der Waals surface area contributed by atoms with Crippen LogP contribution in [-0.4, -0.2) is 38.5 Å². The number of aliphatic imine (C=N–C) groups is 1. The summed E-state index contributed by atoms with van der Waals surface area (Å²) in [5.74, 6) is 0.422. The number of amides is 1. The first-order valence-electron chi connectivity index (χ1n) is 9.20. The third kappa shape index (κ3) is 7.84. The van der Waals surface area contributed by atoms with Crippen molar-refractivity contribution >= 4 is 35.8 Å². The second-order valence-corrected chi connectivity index (χ2v) is 6.06. The van der Waals surface area contributed by atoms with Gasteiger partial charge >= 0.3 is 0 Å². The van der Waals surface area contributed by atoms with E-state index in [4.69, 9.17) is 0 Å². The summed E-state index contributed by atoms with van der Waals surface area (Å²) in [6.07, 6.45) is 1.32. The summed E-state index contributed by atoms with van der Waals surface area (Å²) in [5.41, 5.74) is 2.40. The van der Waals surface area contributed by atoms with E-state index in [-0.39, 0.29) is 35.7 Å². The average molecular weight is 498 g/mol. The van der Waals surface area contributed by atoms with Crippen LogP contribution in [-0.2, 0) is 12.8 Å². The third-order valence-electron chi connectivity index (χ3n) is 4.08. The molecule has 0 bridgehead atoms. The molecular weight excluding hydrogens is 470 g/mol. The van der Waals surface area contributed by atoms with Crippen LogP contribution in [0.15, 0.2) is 53.5 Å². The quantitative estimate of drug-likeness (QED) is 0.298. The summed E-state index contributed by atoms with van der Waals surface area (Å²) in [6, 6.07) is 14.3. The molecule has 7 heteroatoms. The van der Waals surface area contributed by atoms with Gasteiger partial charge in [0.15, 0.2) is 5.96 Å². The third-order valence-corrected chi connectivity index (χ3v) is 4.08. The molecule has 0 atom stereocenters. The number of benzene rings is 2. The molecule has 0 saturated carbocycles. The van der Waals surface area contributed by atoms with Crippen LogP contribution < -0.4 is 16.0 Å². The van der Waals surface area contributed by atoms with Crippen molar-refractivity contribution in [3.05, 3.63) is 71.0 Å². The maximum Gasteiger partial charge on any atom is 0.251 e. The Morgan fingerprint density at radius 3 is 2.57 bits per heavy atom. The van der Waals surface area contributed by atoms with Crippen molar-refractivity contribution in [2.24, 2.45) is 4.99 Å². The number of rotatable bonds is 8. The minimum atomic E-state index is -0.193. The van der Waals surface area contributed by atoms with E-state index in [1.54, 1.807) is 25.2 Å². The average Bonchev–Trinajstić information content (AvgIpc) is 2.69. The first-order valence-corrected chi connectivity index (χ1v) is 9.20. The summed E-state index contributed by atoms with van der Waals surface area (Å²) >= 11 is 0. The Bertz CT molecular complexity index is 783. The van der Waals surface area contributed by atoms with Crippen LogP contribution >= 0.6 is 24.0 Å². The van der Waals surface area contributed by atoms with Crippen LogP contribution in [0.4, 0.5) is 4.39 Å². The number of hydrogen-bond acceptors (Lipinski definition) is 2. The summed E-state index contributed by atoms with van der Waals surface area (Å²) in [7, 11) is 1.62. The number of halogens is 2. The Balaban J connectivity index is 0.00000392. The maximum absolute atomic E-state index is 13.7. The van der Waals surface area contributed by atoms with Gasteiger partial charge in [0.2, 0.25) is 0 Å². The molecule has 0 heterocycles. The molecule has 0 aliphatic heterocycles. The molecule has 0 spiro atoms. The maximum atomic E-state index is 13.7. The lowest BCUT2D eigenvalue weighted by molar-refractivity contribution is 0.0963. The van der Waals surface area contributed by atoms with E-state index in [1.165, 1.54) is 6.07 Å². The molecule has 2 aromatic carbocycles. The molecule has 2 aromatic rings. The summed E-state index contributed by atoms with van der Waals surface area (Å²) in [5, 5.41) is 9.10. The van der Waals surface area contributed by atoms with Gasteiger partial charge in [0.25, 0.3) is 5.91 Å². The second-order valence-electron chi connectivity index (χ2n) is 6.06. The fraction of sp³-hybridized carbons (Fsp3) is 0.333. The zero-order chi connectivity index (χ0) is 19.5. The van der Waals surface area contributed by atoms with Crippen molar-refractivity contribution in [1.82, 2.24) is 16.0 Å². The standard InChI is InChI=1S/C21H27FN4O.HI/c1-3-24-21(26-14-12-17-8-4-5-10-19(17)22)25-13-11-16-7-6-9-18(15-16)20(27)23-2;/h4-10,15H,3,11-14H2,1-2H3,(H,23,27)(H2,24,25,26);1H. The number of nitrogens with zero attached hydrogens (tertiary/aromatic N) is 1. The predicted octanol–water partition coefficient (Wildman–Crippen LogP) is 3.14. The lowest BCUT2D eigenvalue weighted by Crippen LogP contribution is -2.38. The van der Waals surface area contributed by atoms with Crippen molar-refractivity contribution < 1.29 is 9.18 Å². The zero-order valence-electron chi connectivity index (χ0n) is 16.3. The SMILES string of the molecule is CCNC(=NCCc1ccccc1F)NCCc1cccc(C(=O)NC)c1.I. The monoisotopic (exact) mass is 498 g/mol. The summed E-state index contributed by atoms with van der Waals surface area (Å²) in [6.45, 7) is 3.93. The van der Waals surface area contributed by atoms with E-state index in [1.807, 2.05) is 31.2 Å². The molecule has 0 aromatic heterocycles. The van der Waals surface area contributed by atoms with Crippen molar-refractivity contribution in [2.45, 2.75) is 19.8 Å². The van der Waals surface area contributed by atoms with Gasteiger partial charge in [-0.05, 0) is 49.1 Å². The number of carbonyl (C=O) groups is 1. The van der Waals surface area contributed by atoms with Crippen LogP contribution in [0.5, 0.6) is 0 Å². The molecule has 5 nitrogen and oxygen atoms in total. The molecule has 0 aliphatic rings.